The molecule has 159 valence electrons. The van der Waals surface area contributed by atoms with Crippen molar-refractivity contribution in [2.75, 3.05) is 0 Å². The van der Waals surface area contributed by atoms with E-state index in [-0.39, 0.29) is 0 Å². The Morgan fingerprint density at radius 3 is 2.22 bits per heavy atom. The van der Waals surface area contributed by atoms with Crippen molar-refractivity contribution in [2.24, 2.45) is 0 Å². The van der Waals surface area contributed by atoms with E-state index in [0.29, 0.717) is 0 Å². The minimum atomic E-state index is -2.43. The van der Waals surface area contributed by atoms with E-state index < -0.39 is 13.3 Å². The molecule has 1 aliphatic rings. The average Bonchev–Trinajstić information content (AvgIpc) is 3.10. The van der Waals surface area contributed by atoms with Gasteiger partial charge in [0.2, 0.25) is 0 Å². The number of hydrogen-bond acceptors (Lipinski definition) is 2. The van der Waals surface area contributed by atoms with Gasteiger partial charge in [-0.05, 0) is 0 Å². The molecule has 2 aromatic heterocycles. The van der Waals surface area contributed by atoms with Crippen molar-refractivity contribution in [3.8, 4) is 33.8 Å². The molecule has 0 fully saturated rings. The Kier molecular flexibility index (Phi) is 6.07. The molecule has 0 bridgehead atoms. The normalized spacial score (nSPS) is 13.6. The van der Waals surface area contributed by atoms with Crippen molar-refractivity contribution in [1.29, 1.82) is 0 Å². The molecule has 1 aliphatic heterocycles. The quantitative estimate of drug-likeness (QED) is 0.322. The summed E-state index contributed by atoms with van der Waals surface area (Å²) in [4.78, 5) is 9.85. The zero-order valence-electron chi connectivity index (χ0n) is 18.6. The molecule has 2 aromatic carbocycles. The predicted molar refractivity (Wildman–Crippen MR) is 139 cm³/mol. The molecule has 0 aliphatic carbocycles. The van der Waals surface area contributed by atoms with Crippen LogP contribution in [0.2, 0.25) is 10.5 Å². The Hall–Kier alpha value is -2.20. The maximum atomic E-state index is 5.33. The Morgan fingerprint density at radius 1 is 0.750 bits per heavy atom. The topological polar surface area (TPSA) is 25.8 Å². The van der Waals surface area contributed by atoms with E-state index in [2.05, 4.69) is 95.5 Å². The van der Waals surface area contributed by atoms with Crippen molar-refractivity contribution in [3.63, 3.8) is 0 Å². The monoisotopic (exact) mass is 545 g/mol. The van der Waals surface area contributed by atoms with Crippen LogP contribution in [-0.2, 0) is 0 Å². The summed E-state index contributed by atoms with van der Waals surface area (Å²) in [6.45, 7) is 4.68. The van der Waals surface area contributed by atoms with Gasteiger partial charge in [-0.15, -0.1) is 0 Å². The standard InChI is InChI=1S/C28H27GeN2Se/c1-3-16-29(17-4-2)22-11-8-13-26(32)27(22)28-23(29)14-15-25(31-28)21-10-7-9-20(19-21)24-12-5-6-18-30-24/h5-15,18-19H,3-4,16-17H2,1-2H3. The fourth-order valence-electron chi connectivity index (χ4n) is 5.40. The van der Waals surface area contributed by atoms with Crippen LogP contribution in [0.15, 0.2) is 79.0 Å². The first-order valence-electron chi connectivity index (χ1n) is 11.5. The zero-order valence-corrected chi connectivity index (χ0v) is 22.4. The maximum absolute atomic E-state index is 5.33. The Morgan fingerprint density at radius 2 is 1.50 bits per heavy atom. The van der Waals surface area contributed by atoms with Gasteiger partial charge in [0.25, 0.3) is 0 Å². The number of nitrogens with zero attached hydrogens (tertiary/aromatic N) is 2. The molecule has 0 saturated heterocycles. The van der Waals surface area contributed by atoms with Gasteiger partial charge in [-0.3, -0.25) is 0 Å². The fraction of sp³-hybridized carbons (Fsp3) is 0.214. The predicted octanol–water partition coefficient (Wildman–Crippen LogP) is 4.97. The van der Waals surface area contributed by atoms with Crippen molar-refractivity contribution in [1.82, 2.24) is 9.97 Å². The van der Waals surface area contributed by atoms with Crippen LogP contribution in [0, 0.1) is 0 Å². The third-order valence-corrected chi connectivity index (χ3v) is 19.1. The molecule has 0 spiro atoms. The minimum absolute atomic E-state index is 0.992. The van der Waals surface area contributed by atoms with Crippen molar-refractivity contribution < 1.29 is 0 Å². The molecule has 3 heterocycles. The van der Waals surface area contributed by atoms with E-state index in [0.717, 1.165) is 22.5 Å². The van der Waals surface area contributed by atoms with E-state index in [4.69, 9.17) is 4.98 Å². The van der Waals surface area contributed by atoms with E-state index >= 15 is 0 Å². The van der Waals surface area contributed by atoms with E-state index in [1.807, 2.05) is 18.3 Å². The molecule has 4 aromatic rings. The Balaban J connectivity index is 1.67. The first-order chi connectivity index (χ1) is 15.7. The van der Waals surface area contributed by atoms with Crippen LogP contribution in [0.4, 0.5) is 0 Å². The summed E-state index contributed by atoms with van der Waals surface area (Å²) in [7, 11) is 0. The number of hydrogen-bond donors (Lipinski definition) is 0. The van der Waals surface area contributed by atoms with Gasteiger partial charge in [-0.1, -0.05) is 0 Å². The fourth-order valence-corrected chi connectivity index (χ4v) is 18.0. The summed E-state index contributed by atoms with van der Waals surface area (Å²) in [6.07, 6.45) is 4.33. The van der Waals surface area contributed by atoms with E-state index in [1.165, 1.54) is 39.1 Å². The van der Waals surface area contributed by atoms with Gasteiger partial charge in [0.05, 0.1) is 0 Å². The third-order valence-electron chi connectivity index (χ3n) is 6.66. The van der Waals surface area contributed by atoms with Gasteiger partial charge in [-0.25, -0.2) is 0 Å². The molecular weight excluding hydrogens is 516 g/mol. The molecule has 1 radical (unpaired) electrons. The van der Waals surface area contributed by atoms with Crippen LogP contribution >= 0.6 is 0 Å². The summed E-state index contributed by atoms with van der Waals surface area (Å²) in [5.74, 6) is 0. The van der Waals surface area contributed by atoms with Gasteiger partial charge >= 0.3 is 202 Å². The van der Waals surface area contributed by atoms with Gasteiger partial charge in [0, 0.05) is 0 Å². The van der Waals surface area contributed by atoms with Crippen LogP contribution in [0.3, 0.4) is 0 Å². The second-order valence-corrected chi connectivity index (χ2v) is 18.5. The van der Waals surface area contributed by atoms with Gasteiger partial charge in [0.15, 0.2) is 0 Å². The molecule has 0 saturated carbocycles. The molecule has 0 unspecified atom stereocenters. The van der Waals surface area contributed by atoms with Crippen LogP contribution in [0.5, 0.6) is 0 Å². The Labute approximate surface area is 201 Å². The molecule has 5 rings (SSSR count). The number of aromatic nitrogens is 2. The second-order valence-electron chi connectivity index (χ2n) is 8.65. The number of rotatable bonds is 6. The van der Waals surface area contributed by atoms with Crippen molar-refractivity contribution in [3.05, 3.63) is 79.0 Å². The SMILES string of the molecule is CC[CH2][Ge]1([CH2]CC)[c]2ccc(-c3cccc(-c4ccccn4)c3)nc2-c2c([Se])ccc[c]21. The first-order valence-corrected chi connectivity index (χ1v) is 17.4. The van der Waals surface area contributed by atoms with E-state index in [9.17, 15) is 0 Å². The summed E-state index contributed by atoms with van der Waals surface area (Å²) in [6, 6.07) is 26.2. The molecule has 32 heavy (non-hydrogen) atoms. The van der Waals surface area contributed by atoms with Crippen LogP contribution in [0.1, 0.15) is 26.7 Å². The molecule has 0 N–H and O–H groups in total. The molecule has 0 atom stereocenters. The second kappa shape index (κ2) is 8.98. The number of pyridine rings is 2. The summed E-state index contributed by atoms with van der Waals surface area (Å²) >= 11 is 0.904. The molecule has 2 nitrogen and oxygen atoms in total. The first kappa shape index (κ1) is 21.6. The third kappa shape index (κ3) is 3.57. The summed E-state index contributed by atoms with van der Waals surface area (Å²) in [5, 5.41) is 2.68. The van der Waals surface area contributed by atoms with Crippen LogP contribution < -0.4 is 13.3 Å². The van der Waals surface area contributed by atoms with Crippen LogP contribution in [0.25, 0.3) is 33.8 Å². The van der Waals surface area contributed by atoms with Gasteiger partial charge in [0.1, 0.15) is 0 Å². The molecular formula is C28H27GeN2Se. The Bertz CT molecular complexity index is 1260. The summed E-state index contributed by atoms with van der Waals surface area (Å²) < 4.78 is 4.46. The summed E-state index contributed by atoms with van der Waals surface area (Å²) in [5.41, 5.74) is 6.92. The average molecular weight is 543 g/mol. The van der Waals surface area contributed by atoms with Gasteiger partial charge in [-0.2, -0.15) is 0 Å². The zero-order chi connectivity index (χ0) is 22.1. The van der Waals surface area contributed by atoms with Gasteiger partial charge < -0.3 is 0 Å². The number of benzene rings is 2. The number of fused-ring (bicyclic) bond motifs is 3. The molecule has 0 amide bonds. The van der Waals surface area contributed by atoms with Crippen molar-refractivity contribution >= 4 is 42.5 Å². The van der Waals surface area contributed by atoms with Crippen molar-refractivity contribution in [2.45, 2.75) is 37.2 Å². The van der Waals surface area contributed by atoms with Crippen LogP contribution in [-0.4, -0.2) is 39.2 Å². The molecule has 4 heteroatoms. The van der Waals surface area contributed by atoms with E-state index in [1.54, 1.807) is 8.79 Å².